The van der Waals surface area contributed by atoms with Crippen LogP contribution in [0.2, 0.25) is 0 Å². The quantitative estimate of drug-likeness (QED) is 0.718. The van der Waals surface area contributed by atoms with Crippen LogP contribution in [-0.2, 0) is 0 Å². The lowest BCUT2D eigenvalue weighted by molar-refractivity contribution is 0.218. The van der Waals surface area contributed by atoms with Crippen molar-refractivity contribution in [3.05, 3.63) is 66.7 Å². The highest BCUT2D eigenvalue weighted by Gasteiger charge is 2.04. The second-order valence-corrected chi connectivity index (χ2v) is 4.64. The highest BCUT2D eigenvalue weighted by molar-refractivity contribution is 5.92. The Labute approximate surface area is 123 Å². The van der Waals surface area contributed by atoms with Crippen LogP contribution < -0.4 is 9.47 Å². The number of hydrogen-bond acceptors (Lipinski definition) is 3. The number of para-hydroxylation sites is 1. The van der Waals surface area contributed by atoms with Gasteiger partial charge in [0.1, 0.15) is 30.5 Å². The number of phenolic OH excluding ortho intramolecular Hbond substituents is 1. The number of benzene rings is 3. The van der Waals surface area contributed by atoms with Crippen molar-refractivity contribution in [2.24, 2.45) is 0 Å². The Hall–Kier alpha value is -2.68. The molecule has 1 N–H and O–H groups in total. The standard InChI is InChI=1S/C18H16O3/c19-17-10-4-9-16-15(17)8-5-11-18(16)21-13-12-20-14-6-2-1-3-7-14/h1-11,19H,12-13H2. The van der Waals surface area contributed by atoms with Crippen molar-refractivity contribution in [1.29, 1.82) is 0 Å². The Kier molecular flexibility index (Phi) is 3.92. The van der Waals surface area contributed by atoms with E-state index in [-0.39, 0.29) is 5.75 Å². The van der Waals surface area contributed by atoms with Crippen LogP contribution in [0.15, 0.2) is 66.7 Å². The summed E-state index contributed by atoms with van der Waals surface area (Å²) in [5.74, 6) is 1.84. The molecule has 0 bridgehead atoms. The highest BCUT2D eigenvalue weighted by atomic mass is 16.5. The summed E-state index contributed by atoms with van der Waals surface area (Å²) in [5.41, 5.74) is 0. The Balaban J connectivity index is 1.65. The van der Waals surface area contributed by atoms with Crippen LogP contribution >= 0.6 is 0 Å². The zero-order valence-electron chi connectivity index (χ0n) is 11.5. The first-order valence-corrected chi connectivity index (χ1v) is 6.86. The molecule has 0 amide bonds. The van der Waals surface area contributed by atoms with Gasteiger partial charge in [0.2, 0.25) is 0 Å². The zero-order valence-corrected chi connectivity index (χ0v) is 11.5. The SMILES string of the molecule is Oc1cccc2c(OCCOc3ccccc3)cccc12. The average molecular weight is 280 g/mol. The van der Waals surface area contributed by atoms with Gasteiger partial charge in [-0.15, -0.1) is 0 Å². The lowest BCUT2D eigenvalue weighted by Gasteiger charge is -2.11. The second-order valence-electron chi connectivity index (χ2n) is 4.64. The van der Waals surface area contributed by atoms with Gasteiger partial charge in [-0.1, -0.05) is 42.5 Å². The van der Waals surface area contributed by atoms with Gasteiger partial charge in [-0.3, -0.25) is 0 Å². The number of phenols is 1. The molecule has 0 aromatic heterocycles. The third kappa shape index (κ3) is 3.08. The summed E-state index contributed by atoms with van der Waals surface area (Å²) in [6.07, 6.45) is 0. The van der Waals surface area contributed by atoms with Crippen LogP contribution in [0.4, 0.5) is 0 Å². The smallest absolute Gasteiger partial charge is 0.127 e. The van der Waals surface area contributed by atoms with E-state index in [0.29, 0.717) is 13.2 Å². The maximum absolute atomic E-state index is 9.84. The fourth-order valence-corrected chi connectivity index (χ4v) is 2.22. The van der Waals surface area contributed by atoms with Gasteiger partial charge in [-0.25, -0.2) is 0 Å². The molecule has 0 radical (unpaired) electrons. The summed E-state index contributed by atoms with van der Waals surface area (Å²) in [6.45, 7) is 0.920. The van der Waals surface area contributed by atoms with Gasteiger partial charge in [-0.2, -0.15) is 0 Å². The van der Waals surface area contributed by atoms with Crippen LogP contribution in [0.5, 0.6) is 17.2 Å². The van der Waals surface area contributed by atoms with Gasteiger partial charge in [0.05, 0.1) is 0 Å². The Morgan fingerprint density at radius 1 is 0.667 bits per heavy atom. The minimum Gasteiger partial charge on any atom is -0.507 e. The first-order valence-electron chi connectivity index (χ1n) is 6.86. The summed E-state index contributed by atoms with van der Waals surface area (Å²) in [4.78, 5) is 0. The molecule has 0 aliphatic carbocycles. The predicted molar refractivity (Wildman–Crippen MR) is 83.0 cm³/mol. The van der Waals surface area contributed by atoms with Gasteiger partial charge < -0.3 is 14.6 Å². The molecule has 0 saturated carbocycles. The van der Waals surface area contributed by atoms with E-state index in [1.807, 2.05) is 60.7 Å². The number of aromatic hydroxyl groups is 1. The molecule has 3 aromatic carbocycles. The molecule has 3 aromatic rings. The number of hydrogen-bond donors (Lipinski definition) is 1. The van der Waals surface area contributed by atoms with Gasteiger partial charge in [0, 0.05) is 10.8 Å². The van der Waals surface area contributed by atoms with E-state index in [1.54, 1.807) is 6.07 Å². The summed E-state index contributed by atoms with van der Waals surface area (Å²) in [7, 11) is 0. The normalized spacial score (nSPS) is 10.5. The Morgan fingerprint density at radius 3 is 2.24 bits per heavy atom. The lowest BCUT2D eigenvalue weighted by Crippen LogP contribution is -2.09. The fraction of sp³-hybridized carbons (Fsp3) is 0.111. The van der Waals surface area contributed by atoms with Crippen LogP contribution in [0, 0.1) is 0 Å². The number of fused-ring (bicyclic) bond motifs is 1. The lowest BCUT2D eigenvalue weighted by atomic mass is 10.1. The predicted octanol–water partition coefficient (Wildman–Crippen LogP) is 4.00. The molecule has 0 saturated heterocycles. The fourth-order valence-electron chi connectivity index (χ4n) is 2.22. The molecular weight excluding hydrogens is 264 g/mol. The molecule has 3 rings (SSSR count). The summed E-state index contributed by atoms with van der Waals surface area (Å²) >= 11 is 0. The van der Waals surface area contributed by atoms with Gasteiger partial charge >= 0.3 is 0 Å². The second kappa shape index (κ2) is 6.18. The van der Waals surface area contributed by atoms with Gasteiger partial charge in [0.25, 0.3) is 0 Å². The highest BCUT2D eigenvalue weighted by Crippen LogP contribution is 2.31. The largest absolute Gasteiger partial charge is 0.507 e. The molecule has 3 nitrogen and oxygen atoms in total. The molecule has 0 spiro atoms. The van der Waals surface area contributed by atoms with Crippen molar-refractivity contribution in [2.45, 2.75) is 0 Å². The zero-order chi connectivity index (χ0) is 14.5. The molecular formula is C18H16O3. The molecule has 0 aliphatic rings. The molecule has 0 aliphatic heterocycles. The van der Waals surface area contributed by atoms with E-state index < -0.39 is 0 Å². The molecule has 21 heavy (non-hydrogen) atoms. The Bertz CT molecular complexity index is 723. The van der Waals surface area contributed by atoms with Crippen molar-refractivity contribution < 1.29 is 14.6 Å². The molecule has 0 unspecified atom stereocenters. The van der Waals surface area contributed by atoms with Gasteiger partial charge in [0.15, 0.2) is 0 Å². The topological polar surface area (TPSA) is 38.7 Å². The van der Waals surface area contributed by atoms with Gasteiger partial charge in [-0.05, 0) is 24.3 Å². The first-order chi connectivity index (χ1) is 10.3. The summed E-state index contributed by atoms with van der Waals surface area (Å²) < 4.78 is 11.3. The molecule has 0 fully saturated rings. The average Bonchev–Trinajstić information content (AvgIpc) is 2.53. The van der Waals surface area contributed by atoms with Crippen LogP contribution in [0.1, 0.15) is 0 Å². The van der Waals surface area contributed by atoms with E-state index in [0.717, 1.165) is 22.3 Å². The third-order valence-corrected chi connectivity index (χ3v) is 3.21. The molecule has 0 heterocycles. The maximum atomic E-state index is 9.84. The third-order valence-electron chi connectivity index (χ3n) is 3.21. The van der Waals surface area contributed by atoms with Crippen LogP contribution in [0.3, 0.4) is 0 Å². The first kappa shape index (κ1) is 13.3. The van der Waals surface area contributed by atoms with E-state index >= 15 is 0 Å². The Morgan fingerprint density at radius 2 is 1.38 bits per heavy atom. The van der Waals surface area contributed by atoms with E-state index in [1.165, 1.54) is 0 Å². The molecule has 0 atom stereocenters. The van der Waals surface area contributed by atoms with E-state index in [2.05, 4.69) is 0 Å². The minimum atomic E-state index is 0.262. The van der Waals surface area contributed by atoms with Crippen molar-refractivity contribution in [3.8, 4) is 17.2 Å². The molecule has 3 heteroatoms. The minimum absolute atomic E-state index is 0.262. The maximum Gasteiger partial charge on any atom is 0.127 e. The van der Waals surface area contributed by atoms with E-state index in [9.17, 15) is 5.11 Å². The van der Waals surface area contributed by atoms with Crippen molar-refractivity contribution >= 4 is 10.8 Å². The summed E-state index contributed by atoms with van der Waals surface area (Å²) in [5, 5.41) is 11.5. The summed E-state index contributed by atoms with van der Waals surface area (Å²) in [6, 6.07) is 20.7. The number of rotatable bonds is 5. The van der Waals surface area contributed by atoms with E-state index in [4.69, 9.17) is 9.47 Å². The van der Waals surface area contributed by atoms with Crippen molar-refractivity contribution in [2.75, 3.05) is 13.2 Å². The van der Waals surface area contributed by atoms with Crippen molar-refractivity contribution in [3.63, 3.8) is 0 Å². The molecule has 106 valence electrons. The van der Waals surface area contributed by atoms with Crippen molar-refractivity contribution in [1.82, 2.24) is 0 Å². The monoisotopic (exact) mass is 280 g/mol. The van der Waals surface area contributed by atoms with Crippen LogP contribution in [0.25, 0.3) is 10.8 Å². The van der Waals surface area contributed by atoms with Crippen LogP contribution in [-0.4, -0.2) is 18.3 Å². The number of ether oxygens (including phenoxy) is 2.